The number of carbonyl (C=O) groups is 2. The van der Waals surface area contributed by atoms with Crippen molar-refractivity contribution in [2.45, 2.75) is 236 Å². The Morgan fingerprint density at radius 3 is 2.01 bits per heavy atom. The number of carbonyl (C=O) groups excluding carboxylic acids is 2. The van der Waals surface area contributed by atoms with Crippen LogP contribution in [0.2, 0.25) is 0 Å². The number of rotatable bonds is 11. The van der Waals surface area contributed by atoms with Crippen molar-refractivity contribution in [3.8, 4) is 0 Å². The minimum Gasteiger partial charge on any atom is -0.457 e. The van der Waals surface area contributed by atoms with E-state index in [1.165, 1.54) is 12.5 Å². The van der Waals surface area contributed by atoms with Gasteiger partial charge in [0, 0.05) is 12.3 Å². The van der Waals surface area contributed by atoms with Gasteiger partial charge in [-0.25, -0.2) is 0 Å². The molecule has 4 heterocycles. The number of allylic oxidation sites excluding steroid dienone is 2. The topological polar surface area (TPSA) is 340 Å². The molecule has 9 rings (SSSR count). The predicted octanol–water partition coefficient (Wildman–Crippen LogP) is -0.186. The Hall–Kier alpha value is -2.04. The molecule has 22 heteroatoms. The summed E-state index contributed by atoms with van der Waals surface area (Å²) in [4.78, 5) is 27.3. The Morgan fingerprint density at radius 1 is 0.645 bits per heavy atom. The molecule has 4 saturated heterocycles. The summed E-state index contributed by atoms with van der Waals surface area (Å²) in [6.45, 7) is 14.7. The molecule has 8 fully saturated rings. The molecule has 0 spiro atoms. The molecule has 434 valence electrons. The average molecular weight is 1090 g/mol. The van der Waals surface area contributed by atoms with E-state index in [4.69, 9.17) is 42.6 Å². The summed E-state index contributed by atoms with van der Waals surface area (Å²) in [6.07, 6.45) is -19.4. The van der Waals surface area contributed by atoms with Crippen molar-refractivity contribution >= 4 is 11.9 Å². The summed E-state index contributed by atoms with van der Waals surface area (Å²) in [5.74, 6) is -1.50. The van der Waals surface area contributed by atoms with Gasteiger partial charge in [-0.15, -0.1) is 0 Å². The monoisotopic (exact) mass is 1090 g/mol. The zero-order valence-electron chi connectivity index (χ0n) is 45.1. The molecule has 0 aromatic carbocycles. The molecule has 76 heavy (non-hydrogen) atoms. The molecule has 22 nitrogen and oxygen atoms in total. The highest BCUT2D eigenvalue weighted by Gasteiger charge is 2.71. The number of fused-ring (bicyclic) bond motifs is 7. The second kappa shape index (κ2) is 21.4. The van der Waals surface area contributed by atoms with E-state index in [-0.39, 0.29) is 59.2 Å². The van der Waals surface area contributed by atoms with Crippen molar-refractivity contribution in [1.82, 2.24) is 0 Å². The predicted molar refractivity (Wildman–Crippen MR) is 260 cm³/mol. The summed E-state index contributed by atoms with van der Waals surface area (Å²) < 4.78 is 53.2. The summed E-state index contributed by atoms with van der Waals surface area (Å²) in [6, 6.07) is 0. The van der Waals surface area contributed by atoms with E-state index < -0.39 is 146 Å². The first-order valence-electron chi connectivity index (χ1n) is 27.5. The molecular formula is C54H86O22. The molecule has 0 bridgehead atoms. The van der Waals surface area contributed by atoms with Crippen molar-refractivity contribution in [2.75, 3.05) is 26.4 Å². The largest absolute Gasteiger partial charge is 0.457 e. The zero-order valence-corrected chi connectivity index (χ0v) is 45.1. The second-order valence-corrected chi connectivity index (χ2v) is 25.8. The number of hydrogen-bond acceptors (Lipinski definition) is 22. The standard InChI is InChI=1S/C54H86O22/c1-24-34(59)37(62)40(65)46(71-24)75-43-38(63)36(61)30(22-70-44-41(66)42(72-25(2)56)29(58)21-68-44)73-47(43)76-48(67)54-17-15-49(3,4)19-27(54)26-9-10-32-50(5)13-12-33(74-45-39(64)35(60)28(57)20-69-45)51(6,23-55)31(50)11-14-53(32,8)52(26,7)16-18-54/h9,24,27-47,55,57-66H,10-23H2,1-8H3. The van der Waals surface area contributed by atoms with Crippen LogP contribution >= 0.6 is 0 Å². The van der Waals surface area contributed by atoms with E-state index in [1.54, 1.807) is 0 Å². The lowest BCUT2D eigenvalue weighted by atomic mass is 9.33. The van der Waals surface area contributed by atoms with E-state index in [2.05, 4.69) is 40.7 Å². The fraction of sp³-hybridized carbons (Fsp3) is 0.926. The van der Waals surface area contributed by atoms with Gasteiger partial charge in [-0.05, 0) is 111 Å². The van der Waals surface area contributed by atoms with Gasteiger partial charge in [-0.1, -0.05) is 53.2 Å². The SMILES string of the molecule is CC(=O)OC1C(O)COC(OCC2OC(OC(=O)C34CCC(C)(C)CC3C3=CCC5C6(C)CCC(OC7OCC(O)C(O)C7O)C(C)(CO)C6CCC5(C)C3(C)CC4)C(OC3OC(C)C(O)C(O)C3O)C(O)C2O)C1O. The molecule has 9 aliphatic rings. The maximum Gasteiger partial charge on any atom is 0.315 e. The highest BCUT2D eigenvalue weighted by molar-refractivity contribution is 5.79. The average Bonchev–Trinajstić information content (AvgIpc) is 3.44. The van der Waals surface area contributed by atoms with Gasteiger partial charge in [0.15, 0.2) is 31.1 Å². The summed E-state index contributed by atoms with van der Waals surface area (Å²) in [7, 11) is 0. The number of aliphatic hydroxyl groups is 11. The van der Waals surface area contributed by atoms with Crippen LogP contribution in [0.3, 0.4) is 0 Å². The summed E-state index contributed by atoms with van der Waals surface area (Å²) in [5.41, 5.74) is -1.70. The van der Waals surface area contributed by atoms with Crippen LogP contribution in [0.15, 0.2) is 11.6 Å². The molecule has 27 unspecified atom stereocenters. The summed E-state index contributed by atoms with van der Waals surface area (Å²) in [5, 5.41) is 120. The van der Waals surface area contributed by atoms with Crippen LogP contribution in [-0.2, 0) is 52.2 Å². The first-order valence-corrected chi connectivity index (χ1v) is 27.5. The van der Waals surface area contributed by atoms with Crippen molar-refractivity contribution in [3.05, 3.63) is 11.6 Å². The molecule has 5 aliphatic carbocycles. The van der Waals surface area contributed by atoms with Crippen LogP contribution in [0, 0.1) is 50.2 Å². The third-order valence-electron chi connectivity index (χ3n) is 21.0. The lowest BCUT2D eigenvalue weighted by molar-refractivity contribution is -0.365. The van der Waals surface area contributed by atoms with Crippen molar-refractivity contribution in [3.63, 3.8) is 0 Å². The summed E-state index contributed by atoms with van der Waals surface area (Å²) >= 11 is 0. The number of aliphatic hydroxyl groups excluding tert-OH is 11. The van der Waals surface area contributed by atoms with Crippen molar-refractivity contribution in [2.24, 2.45) is 50.2 Å². The first kappa shape index (κ1) is 58.6. The molecule has 4 aliphatic heterocycles. The van der Waals surface area contributed by atoms with E-state index in [1.807, 2.05) is 6.92 Å². The molecule has 11 N–H and O–H groups in total. The molecule has 27 atom stereocenters. The van der Waals surface area contributed by atoms with E-state index in [9.17, 15) is 61.0 Å². The second-order valence-electron chi connectivity index (χ2n) is 25.8. The quantitative estimate of drug-likeness (QED) is 0.0726. The van der Waals surface area contributed by atoms with Crippen molar-refractivity contribution in [1.29, 1.82) is 0 Å². The Morgan fingerprint density at radius 2 is 1.32 bits per heavy atom. The minimum absolute atomic E-state index is 0.0131. The zero-order chi connectivity index (χ0) is 55.4. The van der Waals surface area contributed by atoms with Crippen LogP contribution < -0.4 is 0 Å². The smallest absolute Gasteiger partial charge is 0.315 e. The normalized spacial score (nSPS) is 53.2. The first-order chi connectivity index (χ1) is 35.6. The van der Waals surface area contributed by atoms with E-state index in [0.717, 1.165) is 26.2 Å². The van der Waals surface area contributed by atoms with Crippen LogP contribution in [0.1, 0.15) is 120 Å². The molecule has 0 aromatic heterocycles. The van der Waals surface area contributed by atoms with E-state index in [0.29, 0.717) is 44.9 Å². The van der Waals surface area contributed by atoms with Gasteiger partial charge in [-0.3, -0.25) is 9.59 Å². The number of esters is 2. The van der Waals surface area contributed by atoms with Gasteiger partial charge >= 0.3 is 11.9 Å². The molecule has 4 saturated carbocycles. The molecular weight excluding hydrogens is 1000 g/mol. The fourth-order valence-electron chi connectivity index (χ4n) is 16.1. The van der Waals surface area contributed by atoms with Gasteiger partial charge in [0.05, 0.1) is 44.1 Å². The van der Waals surface area contributed by atoms with Crippen LogP contribution in [0.25, 0.3) is 0 Å². The Balaban J connectivity index is 0.990. The third kappa shape index (κ3) is 9.73. The lowest BCUT2D eigenvalue weighted by Gasteiger charge is -2.71. The maximum atomic E-state index is 15.6. The Kier molecular flexibility index (Phi) is 16.5. The van der Waals surface area contributed by atoms with E-state index >= 15 is 4.79 Å². The Bertz CT molecular complexity index is 2130. The van der Waals surface area contributed by atoms with Crippen LogP contribution in [0.5, 0.6) is 0 Å². The van der Waals surface area contributed by atoms with Gasteiger partial charge in [0.1, 0.15) is 67.1 Å². The van der Waals surface area contributed by atoms with Gasteiger partial charge in [0.2, 0.25) is 6.29 Å². The van der Waals surface area contributed by atoms with Crippen LogP contribution in [-0.4, -0.2) is 211 Å². The number of ether oxygens (including phenoxy) is 9. The van der Waals surface area contributed by atoms with Crippen molar-refractivity contribution < 1.29 is 108 Å². The third-order valence-corrected chi connectivity index (χ3v) is 21.0. The number of hydrogen-bond donors (Lipinski definition) is 11. The van der Waals surface area contributed by atoms with Gasteiger partial charge in [0.25, 0.3) is 0 Å². The minimum atomic E-state index is -1.91. The van der Waals surface area contributed by atoms with Gasteiger partial charge in [-0.2, -0.15) is 0 Å². The lowest BCUT2D eigenvalue weighted by Crippen LogP contribution is -2.67. The fourth-order valence-corrected chi connectivity index (χ4v) is 16.1. The van der Waals surface area contributed by atoms with Crippen LogP contribution in [0.4, 0.5) is 0 Å². The highest BCUT2D eigenvalue weighted by atomic mass is 16.8. The molecule has 0 amide bonds. The molecule has 0 radical (unpaired) electrons. The molecule has 0 aromatic rings. The maximum absolute atomic E-state index is 15.6. The highest BCUT2D eigenvalue weighted by Crippen LogP contribution is 2.76. The van der Waals surface area contributed by atoms with Gasteiger partial charge < -0.3 is 98.8 Å². The Labute approximate surface area is 443 Å².